The van der Waals surface area contributed by atoms with E-state index >= 15 is 0 Å². The molecule has 154 valence electrons. The van der Waals surface area contributed by atoms with E-state index in [1.54, 1.807) is 42.5 Å². The van der Waals surface area contributed by atoms with Gasteiger partial charge in [0.25, 0.3) is 5.91 Å². The zero-order chi connectivity index (χ0) is 21.5. The van der Waals surface area contributed by atoms with Gasteiger partial charge in [0.15, 0.2) is 5.17 Å². The summed E-state index contributed by atoms with van der Waals surface area (Å²) in [5.74, 6) is -0.441. The summed E-state index contributed by atoms with van der Waals surface area (Å²) in [6.45, 7) is 4.09. The first kappa shape index (κ1) is 21.2. The predicted octanol–water partition coefficient (Wildman–Crippen LogP) is 4.04. The molecule has 3 rings (SSSR count). The largest absolute Gasteiger partial charge is 0.508 e. The monoisotopic (exact) mass is 424 g/mol. The van der Waals surface area contributed by atoms with E-state index in [1.165, 1.54) is 28.8 Å². The SMILES string of the molecule is C=CCN1C(=O)/C(=C/c2cccc(OCCC(=O)O)c2)SC1=Nc1ccc(O)cc1. The topological polar surface area (TPSA) is 99.4 Å². The van der Waals surface area contributed by atoms with Crippen molar-refractivity contribution < 1.29 is 24.5 Å². The van der Waals surface area contributed by atoms with Crippen molar-refractivity contribution >= 4 is 40.6 Å². The fraction of sp³-hybridized carbons (Fsp3) is 0.136. The number of carboxylic acids is 1. The van der Waals surface area contributed by atoms with E-state index in [9.17, 15) is 14.7 Å². The van der Waals surface area contributed by atoms with Crippen LogP contribution in [0, 0.1) is 0 Å². The summed E-state index contributed by atoms with van der Waals surface area (Å²) in [5.41, 5.74) is 1.37. The average molecular weight is 424 g/mol. The Labute approximate surface area is 178 Å². The van der Waals surface area contributed by atoms with Crippen LogP contribution in [-0.4, -0.2) is 45.3 Å². The van der Waals surface area contributed by atoms with Crippen molar-refractivity contribution in [1.82, 2.24) is 4.90 Å². The molecule has 0 radical (unpaired) electrons. The molecule has 8 heteroatoms. The van der Waals surface area contributed by atoms with Gasteiger partial charge in [0, 0.05) is 6.54 Å². The molecule has 7 nitrogen and oxygen atoms in total. The lowest BCUT2D eigenvalue weighted by Crippen LogP contribution is -2.29. The molecule has 0 atom stereocenters. The van der Waals surface area contributed by atoms with Gasteiger partial charge in [-0.05, 0) is 59.8 Å². The first-order valence-electron chi connectivity index (χ1n) is 9.11. The molecule has 2 aromatic rings. The van der Waals surface area contributed by atoms with Gasteiger partial charge in [-0.2, -0.15) is 0 Å². The van der Waals surface area contributed by atoms with Gasteiger partial charge in [-0.3, -0.25) is 14.5 Å². The summed E-state index contributed by atoms with van der Waals surface area (Å²) >= 11 is 1.25. The van der Waals surface area contributed by atoms with Crippen LogP contribution < -0.4 is 4.74 Å². The smallest absolute Gasteiger partial charge is 0.306 e. The minimum absolute atomic E-state index is 0.0690. The second-order valence-corrected chi connectivity index (χ2v) is 7.30. The van der Waals surface area contributed by atoms with Crippen LogP contribution in [0.5, 0.6) is 11.5 Å². The van der Waals surface area contributed by atoms with E-state index in [4.69, 9.17) is 9.84 Å². The van der Waals surface area contributed by atoms with Gasteiger partial charge in [0.05, 0.1) is 23.6 Å². The number of ether oxygens (including phenoxy) is 1. The van der Waals surface area contributed by atoms with Crippen LogP contribution in [0.4, 0.5) is 5.69 Å². The first-order chi connectivity index (χ1) is 14.5. The maximum Gasteiger partial charge on any atom is 0.306 e. The number of aliphatic imine (C=N–C) groups is 1. The third kappa shape index (κ3) is 5.51. The minimum atomic E-state index is -0.927. The highest BCUT2D eigenvalue weighted by Gasteiger charge is 2.32. The second kappa shape index (κ2) is 9.80. The van der Waals surface area contributed by atoms with Crippen molar-refractivity contribution in [2.75, 3.05) is 13.2 Å². The number of amides is 1. The molecule has 1 heterocycles. The molecule has 0 unspecified atom stereocenters. The molecule has 1 fully saturated rings. The summed E-state index contributed by atoms with van der Waals surface area (Å²) < 4.78 is 5.45. The highest BCUT2D eigenvalue weighted by molar-refractivity contribution is 8.18. The second-order valence-electron chi connectivity index (χ2n) is 6.29. The number of rotatable bonds is 8. The number of carboxylic acid groups (broad SMARTS) is 1. The summed E-state index contributed by atoms with van der Waals surface area (Å²) in [5, 5.41) is 18.7. The van der Waals surface area contributed by atoms with Crippen LogP contribution in [0.25, 0.3) is 6.08 Å². The summed E-state index contributed by atoms with van der Waals surface area (Å²) in [6.07, 6.45) is 3.28. The van der Waals surface area contributed by atoms with Crippen LogP contribution in [0.15, 0.2) is 71.1 Å². The number of phenolic OH excluding ortho intramolecular Hbond substituents is 1. The normalized spacial score (nSPS) is 16.3. The van der Waals surface area contributed by atoms with Gasteiger partial charge < -0.3 is 14.9 Å². The van der Waals surface area contributed by atoms with Gasteiger partial charge >= 0.3 is 5.97 Å². The number of hydrogen-bond acceptors (Lipinski definition) is 6. The number of aliphatic carboxylic acids is 1. The highest BCUT2D eigenvalue weighted by atomic mass is 32.2. The number of hydrogen-bond donors (Lipinski definition) is 2. The zero-order valence-corrected chi connectivity index (χ0v) is 16.8. The molecule has 1 aliphatic rings. The van der Waals surface area contributed by atoms with Crippen LogP contribution in [0.3, 0.4) is 0 Å². The lowest BCUT2D eigenvalue weighted by molar-refractivity contribution is -0.137. The molecule has 30 heavy (non-hydrogen) atoms. The molecule has 0 saturated carbocycles. The first-order valence-corrected chi connectivity index (χ1v) is 9.92. The minimum Gasteiger partial charge on any atom is -0.508 e. The average Bonchev–Trinajstić information content (AvgIpc) is 2.99. The fourth-order valence-electron chi connectivity index (χ4n) is 2.62. The molecule has 0 bridgehead atoms. The van der Waals surface area contributed by atoms with E-state index in [1.807, 2.05) is 6.07 Å². The molecule has 1 saturated heterocycles. The van der Waals surface area contributed by atoms with Gasteiger partial charge in [-0.25, -0.2) is 4.99 Å². The zero-order valence-electron chi connectivity index (χ0n) is 16.0. The van der Waals surface area contributed by atoms with Crippen molar-refractivity contribution in [1.29, 1.82) is 0 Å². The van der Waals surface area contributed by atoms with Gasteiger partial charge in [0.2, 0.25) is 0 Å². The summed E-state index contributed by atoms with van der Waals surface area (Å²) in [7, 11) is 0. The van der Waals surface area contributed by atoms with Crippen LogP contribution in [0.1, 0.15) is 12.0 Å². The highest BCUT2D eigenvalue weighted by Crippen LogP contribution is 2.34. The van der Waals surface area contributed by atoms with Crippen LogP contribution in [0.2, 0.25) is 0 Å². The third-order valence-corrected chi connectivity index (χ3v) is 5.02. The molecular weight excluding hydrogens is 404 g/mol. The number of amidine groups is 1. The van der Waals surface area contributed by atoms with Crippen molar-refractivity contribution in [3.05, 3.63) is 71.7 Å². The van der Waals surface area contributed by atoms with E-state index in [0.717, 1.165) is 5.56 Å². The Bertz CT molecular complexity index is 1010. The number of carbonyl (C=O) groups is 2. The molecule has 1 amide bonds. The number of phenols is 1. The Kier molecular flexibility index (Phi) is 6.92. The van der Waals surface area contributed by atoms with Crippen molar-refractivity contribution in [3.63, 3.8) is 0 Å². The Balaban J connectivity index is 1.82. The third-order valence-electron chi connectivity index (χ3n) is 4.01. The van der Waals surface area contributed by atoms with Crippen LogP contribution >= 0.6 is 11.8 Å². The van der Waals surface area contributed by atoms with Gasteiger partial charge in [0.1, 0.15) is 11.5 Å². The lowest BCUT2D eigenvalue weighted by Gasteiger charge is -2.12. The number of nitrogens with zero attached hydrogens (tertiary/aromatic N) is 2. The number of thioether (sulfide) groups is 1. The molecule has 2 N–H and O–H groups in total. The van der Waals surface area contributed by atoms with E-state index < -0.39 is 5.97 Å². The fourth-order valence-corrected chi connectivity index (χ4v) is 3.63. The maximum atomic E-state index is 12.9. The Morgan fingerprint density at radius 3 is 2.70 bits per heavy atom. The standard InChI is InChI=1S/C22H20N2O5S/c1-2-11-24-21(28)19(30-22(24)23-16-6-8-17(25)9-7-16)14-15-4-3-5-18(13-15)29-12-10-20(26)27/h2-9,13-14,25H,1,10-12H2,(H,26,27)/b19-14-,23-22?. The summed E-state index contributed by atoms with van der Waals surface area (Å²) in [6, 6.07) is 13.5. The van der Waals surface area contributed by atoms with Gasteiger partial charge in [-0.1, -0.05) is 18.2 Å². The van der Waals surface area contributed by atoms with E-state index in [-0.39, 0.29) is 24.7 Å². The lowest BCUT2D eigenvalue weighted by atomic mass is 10.2. The molecule has 0 aliphatic carbocycles. The molecule has 2 aromatic carbocycles. The molecular formula is C22H20N2O5S. The Morgan fingerprint density at radius 2 is 2.00 bits per heavy atom. The molecule has 0 aromatic heterocycles. The van der Waals surface area contributed by atoms with Crippen molar-refractivity contribution in [2.45, 2.75) is 6.42 Å². The van der Waals surface area contributed by atoms with Gasteiger partial charge in [-0.15, -0.1) is 6.58 Å². The number of carbonyl (C=O) groups excluding carboxylic acids is 1. The van der Waals surface area contributed by atoms with Crippen molar-refractivity contribution in [3.8, 4) is 11.5 Å². The maximum absolute atomic E-state index is 12.9. The molecule has 1 aliphatic heterocycles. The number of benzene rings is 2. The Morgan fingerprint density at radius 1 is 1.23 bits per heavy atom. The van der Waals surface area contributed by atoms with Crippen LogP contribution in [-0.2, 0) is 9.59 Å². The Hall–Kier alpha value is -3.52. The van der Waals surface area contributed by atoms with E-state index in [0.29, 0.717) is 28.1 Å². The molecule has 0 spiro atoms. The summed E-state index contributed by atoms with van der Waals surface area (Å²) in [4.78, 5) is 30.0. The number of aromatic hydroxyl groups is 1. The van der Waals surface area contributed by atoms with E-state index in [2.05, 4.69) is 11.6 Å². The van der Waals surface area contributed by atoms with Crippen molar-refractivity contribution in [2.24, 2.45) is 4.99 Å². The predicted molar refractivity (Wildman–Crippen MR) is 117 cm³/mol. The quantitative estimate of drug-likeness (QED) is 0.490.